The minimum atomic E-state index is 0.243. The summed E-state index contributed by atoms with van der Waals surface area (Å²) in [5.74, 6) is 0. The van der Waals surface area contributed by atoms with Crippen molar-refractivity contribution in [2.45, 2.75) is 64.2 Å². The highest BCUT2D eigenvalue weighted by Gasteiger charge is 2.36. The standard InChI is InChI=1S/C17H36N4/c1-16(2,3)18-14-10-21(11-14)9-8-17(4,5)20(7)15-12-19(6)13-15/h14-15,18H,8-13H2,1-7H3. The van der Waals surface area contributed by atoms with Crippen LogP contribution in [0.25, 0.3) is 0 Å². The Morgan fingerprint density at radius 3 is 2.10 bits per heavy atom. The molecular weight excluding hydrogens is 260 g/mol. The first-order valence-electron chi connectivity index (χ1n) is 8.48. The van der Waals surface area contributed by atoms with E-state index in [4.69, 9.17) is 0 Å². The Kier molecular flexibility index (Phi) is 5.04. The topological polar surface area (TPSA) is 21.8 Å². The van der Waals surface area contributed by atoms with Crippen molar-refractivity contribution in [3.8, 4) is 0 Å². The van der Waals surface area contributed by atoms with Crippen LogP contribution in [0.2, 0.25) is 0 Å². The van der Waals surface area contributed by atoms with E-state index in [0.29, 0.717) is 11.6 Å². The summed E-state index contributed by atoms with van der Waals surface area (Å²) in [7, 11) is 4.51. The first-order chi connectivity index (χ1) is 9.57. The van der Waals surface area contributed by atoms with Crippen LogP contribution in [0.15, 0.2) is 0 Å². The van der Waals surface area contributed by atoms with Crippen LogP contribution < -0.4 is 5.32 Å². The minimum absolute atomic E-state index is 0.243. The number of likely N-dealkylation sites (N-methyl/N-ethyl adjacent to an activating group) is 2. The van der Waals surface area contributed by atoms with Crippen molar-refractivity contribution in [3.63, 3.8) is 0 Å². The summed E-state index contributed by atoms with van der Waals surface area (Å²) in [6.07, 6.45) is 1.26. The van der Waals surface area contributed by atoms with Gasteiger partial charge in [0.15, 0.2) is 0 Å². The number of rotatable bonds is 6. The molecule has 4 heteroatoms. The predicted octanol–water partition coefficient (Wildman–Crippen LogP) is 1.47. The first kappa shape index (κ1) is 17.2. The van der Waals surface area contributed by atoms with E-state index in [2.05, 4.69) is 68.7 Å². The Labute approximate surface area is 131 Å². The van der Waals surface area contributed by atoms with Gasteiger partial charge in [-0.1, -0.05) is 0 Å². The second-order valence-corrected chi connectivity index (χ2v) is 8.90. The minimum Gasteiger partial charge on any atom is -0.307 e. The van der Waals surface area contributed by atoms with Crippen molar-refractivity contribution < 1.29 is 0 Å². The van der Waals surface area contributed by atoms with Crippen LogP contribution >= 0.6 is 0 Å². The van der Waals surface area contributed by atoms with E-state index < -0.39 is 0 Å². The van der Waals surface area contributed by atoms with Gasteiger partial charge in [0.05, 0.1) is 0 Å². The highest BCUT2D eigenvalue weighted by Crippen LogP contribution is 2.25. The number of nitrogens with one attached hydrogen (secondary N) is 1. The van der Waals surface area contributed by atoms with Crippen LogP contribution in [0.1, 0.15) is 41.0 Å². The average molecular weight is 297 g/mol. The molecule has 0 unspecified atom stereocenters. The fourth-order valence-corrected chi connectivity index (χ4v) is 3.47. The van der Waals surface area contributed by atoms with E-state index in [1.807, 2.05) is 0 Å². The average Bonchev–Trinajstić information content (AvgIpc) is 2.25. The van der Waals surface area contributed by atoms with Gasteiger partial charge in [-0.05, 0) is 55.1 Å². The molecule has 124 valence electrons. The summed E-state index contributed by atoms with van der Waals surface area (Å²) in [5.41, 5.74) is 0.543. The molecule has 2 rings (SSSR count). The van der Waals surface area contributed by atoms with Crippen LogP contribution in [0.3, 0.4) is 0 Å². The summed E-state index contributed by atoms with van der Waals surface area (Å²) >= 11 is 0. The van der Waals surface area contributed by atoms with Gasteiger partial charge in [-0.2, -0.15) is 0 Å². The van der Waals surface area contributed by atoms with Crippen molar-refractivity contribution in [2.75, 3.05) is 46.8 Å². The fourth-order valence-electron chi connectivity index (χ4n) is 3.47. The molecule has 2 aliphatic heterocycles. The van der Waals surface area contributed by atoms with Gasteiger partial charge in [0.25, 0.3) is 0 Å². The lowest BCUT2D eigenvalue weighted by molar-refractivity contribution is -0.00447. The molecule has 21 heavy (non-hydrogen) atoms. The Balaban J connectivity index is 1.66. The smallest absolute Gasteiger partial charge is 0.0352 e. The second kappa shape index (κ2) is 6.15. The Bertz CT molecular complexity index is 335. The summed E-state index contributed by atoms with van der Waals surface area (Å²) in [5, 5.41) is 3.69. The summed E-state index contributed by atoms with van der Waals surface area (Å²) in [6.45, 7) is 17.7. The van der Waals surface area contributed by atoms with Gasteiger partial charge in [0.2, 0.25) is 0 Å². The van der Waals surface area contributed by atoms with Crippen molar-refractivity contribution in [1.82, 2.24) is 20.0 Å². The van der Waals surface area contributed by atoms with E-state index in [-0.39, 0.29) is 5.54 Å². The number of nitrogens with zero attached hydrogens (tertiary/aromatic N) is 3. The molecule has 0 saturated carbocycles. The molecule has 0 spiro atoms. The van der Waals surface area contributed by atoms with Crippen molar-refractivity contribution >= 4 is 0 Å². The maximum absolute atomic E-state index is 3.69. The van der Waals surface area contributed by atoms with E-state index in [9.17, 15) is 0 Å². The molecule has 0 aromatic heterocycles. The monoisotopic (exact) mass is 296 g/mol. The third kappa shape index (κ3) is 4.65. The largest absolute Gasteiger partial charge is 0.307 e. The number of hydrogen-bond donors (Lipinski definition) is 1. The third-order valence-corrected chi connectivity index (χ3v) is 5.18. The quantitative estimate of drug-likeness (QED) is 0.801. The van der Waals surface area contributed by atoms with Gasteiger partial charge >= 0.3 is 0 Å². The Morgan fingerprint density at radius 2 is 1.62 bits per heavy atom. The van der Waals surface area contributed by atoms with Crippen LogP contribution in [-0.4, -0.2) is 84.7 Å². The molecule has 0 aromatic rings. The van der Waals surface area contributed by atoms with Gasteiger partial charge < -0.3 is 15.1 Å². The van der Waals surface area contributed by atoms with Gasteiger partial charge in [-0.25, -0.2) is 0 Å². The maximum Gasteiger partial charge on any atom is 0.0352 e. The second-order valence-electron chi connectivity index (χ2n) is 8.90. The zero-order valence-corrected chi connectivity index (χ0v) is 15.2. The lowest BCUT2D eigenvalue weighted by Crippen LogP contribution is -2.64. The third-order valence-electron chi connectivity index (χ3n) is 5.18. The van der Waals surface area contributed by atoms with Crippen LogP contribution in [0.4, 0.5) is 0 Å². The van der Waals surface area contributed by atoms with Gasteiger partial charge in [0, 0.05) is 55.9 Å². The molecule has 2 aliphatic rings. The van der Waals surface area contributed by atoms with Gasteiger partial charge in [0.1, 0.15) is 0 Å². The Hall–Kier alpha value is -0.160. The molecular formula is C17H36N4. The molecule has 0 aliphatic carbocycles. The molecule has 0 bridgehead atoms. The fraction of sp³-hybridized carbons (Fsp3) is 1.00. The van der Waals surface area contributed by atoms with Crippen molar-refractivity contribution in [1.29, 1.82) is 0 Å². The lowest BCUT2D eigenvalue weighted by atomic mass is 9.93. The molecule has 1 N–H and O–H groups in total. The summed E-state index contributed by atoms with van der Waals surface area (Å²) < 4.78 is 0. The zero-order valence-electron chi connectivity index (χ0n) is 15.2. The SMILES string of the molecule is CN1CC(N(C)C(C)(C)CCN2CC(NC(C)(C)C)C2)C1. The number of likely N-dealkylation sites (tertiary alicyclic amines) is 2. The van der Waals surface area contributed by atoms with Crippen molar-refractivity contribution in [3.05, 3.63) is 0 Å². The number of hydrogen-bond acceptors (Lipinski definition) is 4. The molecule has 2 fully saturated rings. The maximum atomic E-state index is 3.69. The predicted molar refractivity (Wildman–Crippen MR) is 90.9 cm³/mol. The van der Waals surface area contributed by atoms with E-state index in [1.54, 1.807) is 0 Å². The Morgan fingerprint density at radius 1 is 1.05 bits per heavy atom. The van der Waals surface area contributed by atoms with Crippen molar-refractivity contribution in [2.24, 2.45) is 0 Å². The first-order valence-corrected chi connectivity index (χ1v) is 8.48. The molecule has 0 amide bonds. The normalized spacial score (nSPS) is 23.4. The summed E-state index contributed by atoms with van der Waals surface area (Å²) in [6, 6.07) is 1.43. The van der Waals surface area contributed by atoms with E-state index in [1.165, 1.54) is 39.1 Å². The lowest BCUT2D eigenvalue weighted by Gasteiger charge is -2.50. The molecule has 0 aromatic carbocycles. The van der Waals surface area contributed by atoms with Crippen LogP contribution in [0, 0.1) is 0 Å². The summed E-state index contributed by atoms with van der Waals surface area (Å²) in [4.78, 5) is 7.58. The highest BCUT2D eigenvalue weighted by molar-refractivity contribution is 4.95. The van der Waals surface area contributed by atoms with Gasteiger partial charge in [-0.15, -0.1) is 0 Å². The van der Waals surface area contributed by atoms with E-state index in [0.717, 1.165) is 6.04 Å². The molecule has 0 atom stereocenters. The van der Waals surface area contributed by atoms with Gasteiger partial charge in [-0.3, -0.25) is 4.90 Å². The molecule has 0 radical (unpaired) electrons. The molecule has 2 saturated heterocycles. The zero-order chi connectivity index (χ0) is 15.8. The van der Waals surface area contributed by atoms with E-state index >= 15 is 0 Å². The van der Waals surface area contributed by atoms with Crippen LogP contribution in [-0.2, 0) is 0 Å². The molecule has 4 nitrogen and oxygen atoms in total. The van der Waals surface area contributed by atoms with Crippen LogP contribution in [0.5, 0.6) is 0 Å². The molecule has 2 heterocycles. The highest BCUT2D eigenvalue weighted by atomic mass is 15.3.